The summed E-state index contributed by atoms with van der Waals surface area (Å²) in [5.41, 5.74) is 0. The van der Waals surface area contributed by atoms with Gasteiger partial charge < -0.3 is 19.8 Å². The molecule has 0 radical (unpaired) electrons. The average molecular weight is 1190 g/mol. The van der Waals surface area contributed by atoms with Crippen LogP contribution in [0.2, 0.25) is 0 Å². The van der Waals surface area contributed by atoms with Gasteiger partial charge in [-0.3, -0.25) is 13.8 Å². The zero-order chi connectivity index (χ0) is 61.2. The topological polar surface area (TPSA) is 105 Å². The summed E-state index contributed by atoms with van der Waals surface area (Å²) in [7, 11) is 1.54. The first kappa shape index (κ1) is 80.9. The first-order valence-electron chi connectivity index (χ1n) is 34.9. The number of phosphoric acid groups is 1. The van der Waals surface area contributed by atoms with Crippen molar-refractivity contribution in [3.8, 4) is 0 Å². The fourth-order valence-electron chi connectivity index (χ4n) is 9.76. The number of nitrogens with one attached hydrogen (secondary N) is 1. The number of likely N-dealkylation sites (N-methyl/N-ethyl adjacent to an activating group) is 1. The van der Waals surface area contributed by atoms with E-state index in [0.717, 1.165) is 89.9 Å². The summed E-state index contributed by atoms with van der Waals surface area (Å²) in [6, 6.07) is -0.882. The predicted molar refractivity (Wildman–Crippen MR) is 368 cm³/mol. The van der Waals surface area contributed by atoms with E-state index in [1.807, 2.05) is 27.2 Å². The maximum Gasteiger partial charge on any atom is 0.472 e. The fraction of sp³-hybridized carbons (Fsp3) is 0.720. The summed E-state index contributed by atoms with van der Waals surface area (Å²) in [5, 5.41) is 14.0. The molecule has 0 fully saturated rings. The van der Waals surface area contributed by atoms with Gasteiger partial charge in [0.25, 0.3) is 0 Å². The van der Waals surface area contributed by atoms with Gasteiger partial charge in [-0.25, -0.2) is 4.57 Å². The second kappa shape index (κ2) is 64.4. The zero-order valence-electron chi connectivity index (χ0n) is 55.4. The van der Waals surface area contributed by atoms with Crippen molar-refractivity contribution < 1.29 is 32.9 Å². The van der Waals surface area contributed by atoms with Crippen molar-refractivity contribution in [2.75, 3.05) is 40.9 Å². The number of nitrogens with zero attached hydrogens (tertiary/aromatic N) is 1. The fourth-order valence-corrected chi connectivity index (χ4v) is 10.5. The van der Waals surface area contributed by atoms with Gasteiger partial charge in [-0.05, 0) is 103 Å². The van der Waals surface area contributed by atoms with Crippen LogP contribution in [0.1, 0.15) is 296 Å². The van der Waals surface area contributed by atoms with Gasteiger partial charge in [0.05, 0.1) is 39.9 Å². The number of rotatable bonds is 63. The van der Waals surface area contributed by atoms with Gasteiger partial charge in [0.15, 0.2) is 0 Å². The van der Waals surface area contributed by atoms with Crippen LogP contribution >= 0.6 is 7.82 Å². The number of hydrogen-bond donors (Lipinski definition) is 3. The summed E-state index contributed by atoms with van der Waals surface area (Å²) in [6.07, 6.45) is 96.3. The van der Waals surface area contributed by atoms with Gasteiger partial charge in [0, 0.05) is 6.42 Å². The van der Waals surface area contributed by atoms with Crippen molar-refractivity contribution in [2.45, 2.75) is 309 Å². The van der Waals surface area contributed by atoms with Crippen molar-refractivity contribution >= 4 is 13.7 Å². The first-order chi connectivity index (χ1) is 41.0. The van der Waals surface area contributed by atoms with E-state index in [-0.39, 0.29) is 19.1 Å². The number of unbranched alkanes of at least 4 members (excludes halogenated alkanes) is 32. The third-order valence-electron chi connectivity index (χ3n) is 15.1. The van der Waals surface area contributed by atoms with Gasteiger partial charge >= 0.3 is 7.82 Å². The second-order valence-corrected chi connectivity index (χ2v) is 26.0. The molecule has 84 heavy (non-hydrogen) atoms. The Morgan fingerprint density at radius 3 is 1.10 bits per heavy atom. The number of quaternary nitrogens is 1. The Labute approximate surface area is 520 Å². The molecule has 0 bridgehead atoms. The van der Waals surface area contributed by atoms with Crippen LogP contribution in [0.4, 0.5) is 0 Å². The summed E-state index contributed by atoms with van der Waals surface area (Å²) in [5.74, 6) is -0.197. The Morgan fingerprint density at radius 1 is 0.417 bits per heavy atom. The number of hydrogen-bond acceptors (Lipinski definition) is 5. The number of aliphatic hydroxyl groups excluding tert-OH is 1. The van der Waals surface area contributed by atoms with E-state index in [1.165, 1.54) is 186 Å². The van der Waals surface area contributed by atoms with E-state index in [2.05, 4.69) is 129 Å². The van der Waals surface area contributed by atoms with E-state index in [9.17, 15) is 19.4 Å². The number of carbonyl (C=O) groups is 1. The highest BCUT2D eigenvalue weighted by molar-refractivity contribution is 7.47. The number of allylic oxidation sites excluding steroid dienone is 19. The molecule has 0 aromatic rings. The maximum absolute atomic E-state index is 13.0. The monoisotopic (exact) mass is 1190 g/mol. The lowest BCUT2D eigenvalue weighted by Gasteiger charge is -2.25. The highest BCUT2D eigenvalue weighted by atomic mass is 31.2. The Kier molecular flexibility index (Phi) is 62.0. The average Bonchev–Trinajstić information content (AvgIpc) is 3.56. The van der Waals surface area contributed by atoms with Gasteiger partial charge in [0.2, 0.25) is 5.91 Å². The smallest absolute Gasteiger partial charge is 0.387 e. The summed E-state index contributed by atoms with van der Waals surface area (Å²) in [4.78, 5) is 23.4. The van der Waals surface area contributed by atoms with Gasteiger partial charge in [-0.15, -0.1) is 0 Å². The van der Waals surface area contributed by atoms with Crippen molar-refractivity contribution in [2.24, 2.45) is 0 Å². The molecule has 3 atom stereocenters. The first-order valence-corrected chi connectivity index (χ1v) is 36.4. The van der Waals surface area contributed by atoms with Crippen LogP contribution in [0.15, 0.2) is 122 Å². The Morgan fingerprint density at radius 2 is 0.726 bits per heavy atom. The molecule has 0 saturated heterocycles. The van der Waals surface area contributed by atoms with E-state index in [4.69, 9.17) is 9.05 Å². The van der Waals surface area contributed by atoms with Crippen molar-refractivity contribution in [3.05, 3.63) is 122 Å². The molecular formula is C75H134N2O6P+. The van der Waals surface area contributed by atoms with Crippen LogP contribution in [0, 0.1) is 0 Å². The van der Waals surface area contributed by atoms with Crippen LogP contribution in [0.5, 0.6) is 0 Å². The summed E-state index contributed by atoms with van der Waals surface area (Å²) in [6.45, 7) is 4.69. The lowest BCUT2D eigenvalue weighted by atomic mass is 10.0. The van der Waals surface area contributed by atoms with Crippen molar-refractivity contribution in [3.63, 3.8) is 0 Å². The Hall–Kier alpha value is -3.10. The molecule has 0 saturated carbocycles. The molecule has 0 aliphatic rings. The summed E-state index contributed by atoms with van der Waals surface area (Å²) >= 11 is 0. The van der Waals surface area contributed by atoms with E-state index >= 15 is 0 Å². The SMILES string of the molecule is CC/C=C\C/C=C\C/C=C\C/C=C\C/C=C\C/C=C\C/C=C\CCCCCCCCCCCCCC(=O)NC(COP(=O)(O)OCC[N+](C)(C)C)C(O)/C=C/CC/C=C/CC/C=C/CCCCCCCCCCCCCCCCCCCCC. The lowest BCUT2D eigenvalue weighted by molar-refractivity contribution is -0.870. The summed E-state index contributed by atoms with van der Waals surface area (Å²) < 4.78 is 23.8. The van der Waals surface area contributed by atoms with Crippen LogP contribution in [0.25, 0.3) is 0 Å². The molecular weight excluding hydrogens is 1060 g/mol. The second-order valence-electron chi connectivity index (χ2n) is 24.5. The van der Waals surface area contributed by atoms with Crippen LogP contribution < -0.4 is 5.32 Å². The minimum absolute atomic E-state index is 0.0476. The molecule has 9 heteroatoms. The molecule has 1 amide bonds. The quantitative estimate of drug-likeness (QED) is 0.0243. The standard InChI is InChI=1S/C75H133N2O6P/c1-6-8-10-12-14-16-18-20-22-24-26-28-30-32-34-36-37-38-39-41-43-45-47-49-51-53-55-57-59-61-63-65-67-69-75(79)76-73(72-83-84(80,81)82-71-70-77(3,4)5)74(78)68-66-64-62-60-58-56-54-52-50-48-46-44-42-40-35-33-31-29-27-25-23-21-19-17-15-13-11-9-7-2/h8,10,14,16,20,22,26,28,32,34,37-38,41,43,50,52,58,60,66,68,73-74,78H,6-7,9,11-13,15,17-19,21,23-25,27,29-31,33,35-36,39-40,42,44-49,51,53-57,59,61-65,67,69-72H2,1-5H3,(H-,76,79,80,81)/p+1/b10-8-,16-14-,22-20-,28-26-,34-32-,38-37-,43-41-,52-50+,60-58+,68-66+. The predicted octanol–water partition coefficient (Wildman–Crippen LogP) is 22.4. The minimum Gasteiger partial charge on any atom is -0.387 e. The third-order valence-corrected chi connectivity index (χ3v) is 16.1. The van der Waals surface area contributed by atoms with E-state index < -0.39 is 20.0 Å². The number of carbonyl (C=O) groups excluding carboxylic acids is 1. The molecule has 0 aromatic heterocycles. The molecule has 0 heterocycles. The van der Waals surface area contributed by atoms with Crippen molar-refractivity contribution in [1.82, 2.24) is 5.32 Å². The number of aliphatic hydroxyl groups is 1. The Bertz CT molecular complexity index is 1780. The molecule has 0 aliphatic carbocycles. The Balaban J connectivity index is 4.18. The highest BCUT2D eigenvalue weighted by Crippen LogP contribution is 2.43. The van der Waals surface area contributed by atoms with Gasteiger partial charge in [-0.1, -0.05) is 309 Å². The van der Waals surface area contributed by atoms with Gasteiger partial charge in [0.1, 0.15) is 13.2 Å². The third kappa shape index (κ3) is 66.4. The van der Waals surface area contributed by atoms with Crippen LogP contribution in [-0.4, -0.2) is 73.4 Å². The molecule has 0 spiro atoms. The van der Waals surface area contributed by atoms with E-state index in [0.29, 0.717) is 17.4 Å². The normalized spacial score (nSPS) is 14.4. The number of amides is 1. The van der Waals surface area contributed by atoms with Crippen LogP contribution in [-0.2, 0) is 18.4 Å². The van der Waals surface area contributed by atoms with E-state index in [1.54, 1.807) is 6.08 Å². The maximum atomic E-state index is 13.0. The molecule has 0 aromatic carbocycles. The molecule has 3 N–H and O–H groups in total. The van der Waals surface area contributed by atoms with Crippen molar-refractivity contribution in [1.29, 1.82) is 0 Å². The molecule has 0 rings (SSSR count). The molecule has 3 unspecified atom stereocenters. The highest BCUT2D eigenvalue weighted by Gasteiger charge is 2.28. The number of phosphoric ester groups is 1. The molecule has 484 valence electrons. The minimum atomic E-state index is -4.38. The largest absolute Gasteiger partial charge is 0.472 e. The molecule has 0 aliphatic heterocycles. The van der Waals surface area contributed by atoms with Gasteiger partial charge in [-0.2, -0.15) is 0 Å². The zero-order valence-corrected chi connectivity index (χ0v) is 56.3. The molecule has 8 nitrogen and oxygen atoms in total. The lowest BCUT2D eigenvalue weighted by Crippen LogP contribution is -2.45. The van der Waals surface area contributed by atoms with Crippen LogP contribution in [0.3, 0.4) is 0 Å².